The van der Waals surface area contributed by atoms with Crippen molar-refractivity contribution in [1.29, 1.82) is 0 Å². The average molecular weight is 359 g/mol. The first kappa shape index (κ1) is 18.4. The predicted octanol–water partition coefficient (Wildman–Crippen LogP) is 4.33. The normalized spacial score (nSPS) is 53.0. The third-order valence-electron chi connectivity index (χ3n) is 9.22. The summed E-state index contributed by atoms with van der Waals surface area (Å²) in [6.07, 6.45) is 15.4. The Morgan fingerprint density at radius 3 is 2.46 bits per heavy atom. The molecule has 26 heavy (non-hydrogen) atoms. The first-order valence-corrected chi connectivity index (χ1v) is 10.6. The lowest BCUT2D eigenvalue weighted by molar-refractivity contribution is -0.165. The minimum absolute atomic E-state index is 0.106. The van der Waals surface area contributed by atoms with Crippen LogP contribution in [0.4, 0.5) is 0 Å². The second-order valence-corrected chi connectivity index (χ2v) is 10.3. The molecule has 3 heteroatoms. The molecule has 1 N–H and O–H groups in total. The summed E-state index contributed by atoms with van der Waals surface area (Å²) in [6, 6.07) is 0. The molecule has 0 aromatic carbocycles. The maximum atomic E-state index is 11.6. The summed E-state index contributed by atoms with van der Waals surface area (Å²) in [4.78, 5) is 11.6. The van der Waals surface area contributed by atoms with Gasteiger partial charge in [-0.15, -0.1) is 6.42 Å². The van der Waals surface area contributed by atoms with Gasteiger partial charge in [0, 0.05) is 12.3 Å². The van der Waals surface area contributed by atoms with Gasteiger partial charge in [0.05, 0.1) is 0 Å². The van der Waals surface area contributed by atoms with E-state index in [1.54, 1.807) is 6.92 Å². The van der Waals surface area contributed by atoms with Gasteiger partial charge in [-0.05, 0) is 86.9 Å². The summed E-state index contributed by atoms with van der Waals surface area (Å²) in [7, 11) is 0. The van der Waals surface area contributed by atoms with E-state index >= 15 is 0 Å². The van der Waals surface area contributed by atoms with Crippen molar-refractivity contribution in [2.24, 2.45) is 34.5 Å². The summed E-state index contributed by atoms with van der Waals surface area (Å²) in [5.74, 6) is 5.25. The van der Waals surface area contributed by atoms with E-state index < -0.39 is 5.60 Å². The SMILES string of the molecule is C#C[C@]1(O)CC[C@@]2(C)[C@@H](CC[C@H]3[C@H]2CC[C@]2(C)[C@@H](OC(C)=O)CC[C@H]32)C1. The van der Waals surface area contributed by atoms with Gasteiger partial charge in [-0.3, -0.25) is 4.79 Å². The quantitative estimate of drug-likeness (QED) is 0.561. The molecule has 0 heterocycles. The Morgan fingerprint density at radius 2 is 1.77 bits per heavy atom. The minimum atomic E-state index is -0.881. The van der Waals surface area contributed by atoms with Gasteiger partial charge < -0.3 is 9.84 Å². The molecule has 0 amide bonds. The van der Waals surface area contributed by atoms with Crippen LogP contribution in [0.2, 0.25) is 0 Å². The lowest BCUT2D eigenvalue weighted by Gasteiger charge is -2.61. The Hall–Kier alpha value is -1.01. The molecule has 4 fully saturated rings. The van der Waals surface area contributed by atoms with Crippen LogP contribution in [0.1, 0.15) is 78.6 Å². The van der Waals surface area contributed by atoms with Crippen molar-refractivity contribution < 1.29 is 14.6 Å². The van der Waals surface area contributed by atoms with E-state index in [9.17, 15) is 9.90 Å². The van der Waals surface area contributed by atoms with Gasteiger partial charge in [0.2, 0.25) is 0 Å². The number of aliphatic hydroxyl groups is 1. The summed E-state index contributed by atoms with van der Waals surface area (Å²) >= 11 is 0. The molecule has 0 spiro atoms. The number of ether oxygens (including phenoxy) is 1. The second kappa shape index (κ2) is 5.99. The molecule has 3 nitrogen and oxygen atoms in total. The molecule has 0 bridgehead atoms. The lowest BCUT2D eigenvalue weighted by Crippen LogP contribution is -2.56. The molecular formula is C23H34O3. The van der Waals surface area contributed by atoms with Crippen LogP contribution in [0.15, 0.2) is 0 Å². The smallest absolute Gasteiger partial charge is 0.302 e. The highest BCUT2D eigenvalue weighted by Crippen LogP contribution is 2.67. The van der Waals surface area contributed by atoms with Crippen LogP contribution >= 0.6 is 0 Å². The number of carbonyl (C=O) groups excluding carboxylic acids is 1. The lowest BCUT2D eigenvalue weighted by atomic mass is 9.44. The molecule has 4 saturated carbocycles. The van der Waals surface area contributed by atoms with Crippen LogP contribution in [0.5, 0.6) is 0 Å². The highest BCUT2D eigenvalue weighted by atomic mass is 16.5. The number of carbonyl (C=O) groups is 1. The monoisotopic (exact) mass is 358 g/mol. The maximum Gasteiger partial charge on any atom is 0.302 e. The van der Waals surface area contributed by atoms with Crippen LogP contribution < -0.4 is 0 Å². The van der Waals surface area contributed by atoms with Crippen molar-refractivity contribution in [2.75, 3.05) is 0 Å². The van der Waals surface area contributed by atoms with E-state index in [2.05, 4.69) is 19.8 Å². The third kappa shape index (κ3) is 2.55. The fourth-order valence-corrected chi connectivity index (χ4v) is 7.72. The largest absolute Gasteiger partial charge is 0.462 e. The molecule has 0 unspecified atom stereocenters. The average Bonchev–Trinajstić information content (AvgIpc) is 2.92. The van der Waals surface area contributed by atoms with E-state index in [1.807, 2.05) is 0 Å². The standard InChI is InChI=1S/C23H34O3/c1-5-23(25)13-12-21(3)16(14-23)6-7-17-18-8-9-20(26-15(2)24)22(18,4)11-10-19(17)21/h1,16-20,25H,6-14H2,2-4H3/t16-,17+,18+,19+,20-,21-,22-,23-/m0/s1. The number of hydrogen-bond acceptors (Lipinski definition) is 3. The van der Waals surface area contributed by atoms with Crippen molar-refractivity contribution in [3.63, 3.8) is 0 Å². The molecule has 0 aliphatic heterocycles. The van der Waals surface area contributed by atoms with Gasteiger partial charge in [-0.1, -0.05) is 19.8 Å². The number of rotatable bonds is 1. The van der Waals surface area contributed by atoms with E-state index in [0.29, 0.717) is 17.3 Å². The molecule has 0 aromatic heterocycles. The molecule has 144 valence electrons. The first-order chi connectivity index (χ1) is 12.2. The fourth-order valence-electron chi connectivity index (χ4n) is 7.72. The zero-order chi connectivity index (χ0) is 18.7. The van der Waals surface area contributed by atoms with Gasteiger partial charge >= 0.3 is 5.97 Å². The summed E-state index contributed by atoms with van der Waals surface area (Å²) < 4.78 is 5.74. The summed E-state index contributed by atoms with van der Waals surface area (Å²) in [5, 5.41) is 10.7. The van der Waals surface area contributed by atoms with Crippen LogP contribution in [0.25, 0.3) is 0 Å². The number of terminal acetylenes is 1. The van der Waals surface area contributed by atoms with Crippen molar-refractivity contribution in [3.05, 3.63) is 0 Å². The Morgan fingerprint density at radius 1 is 1.04 bits per heavy atom. The molecule has 4 aliphatic rings. The molecule has 0 aromatic rings. The molecule has 4 aliphatic carbocycles. The fraction of sp³-hybridized carbons (Fsp3) is 0.870. The van der Waals surface area contributed by atoms with Gasteiger partial charge in [-0.2, -0.15) is 0 Å². The highest BCUT2D eigenvalue weighted by Gasteiger charge is 2.61. The van der Waals surface area contributed by atoms with Crippen molar-refractivity contribution in [1.82, 2.24) is 0 Å². The third-order valence-corrected chi connectivity index (χ3v) is 9.22. The predicted molar refractivity (Wildman–Crippen MR) is 101 cm³/mol. The second-order valence-electron chi connectivity index (χ2n) is 10.3. The number of hydrogen-bond donors (Lipinski definition) is 1. The van der Waals surface area contributed by atoms with Gasteiger partial charge in [0.15, 0.2) is 0 Å². The van der Waals surface area contributed by atoms with E-state index in [1.165, 1.54) is 32.1 Å². The van der Waals surface area contributed by atoms with Crippen LogP contribution in [-0.2, 0) is 9.53 Å². The molecule has 0 saturated heterocycles. The topological polar surface area (TPSA) is 46.5 Å². The Labute approximate surface area is 158 Å². The van der Waals surface area contributed by atoms with E-state index in [4.69, 9.17) is 11.2 Å². The van der Waals surface area contributed by atoms with Crippen LogP contribution in [0, 0.1) is 46.8 Å². The molecule has 8 atom stereocenters. The Kier molecular flexibility index (Phi) is 4.23. The van der Waals surface area contributed by atoms with Crippen molar-refractivity contribution >= 4 is 5.97 Å². The zero-order valence-corrected chi connectivity index (χ0v) is 16.6. The molecule has 0 radical (unpaired) electrons. The van der Waals surface area contributed by atoms with Gasteiger partial charge in [0.1, 0.15) is 11.7 Å². The molecular weight excluding hydrogens is 324 g/mol. The zero-order valence-electron chi connectivity index (χ0n) is 16.6. The number of fused-ring (bicyclic) bond motifs is 5. The van der Waals surface area contributed by atoms with Crippen LogP contribution in [0.3, 0.4) is 0 Å². The summed E-state index contributed by atoms with van der Waals surface area (Å²) in [5.41, 5.74) is -0.412. The Bertz CT molecular complexity index is 636. The first-order valence-electron chi connectivity index (χ1n) is 10.6. The highest BCUT2D eigenvalue weighted by molar-refractivity contribution is 5.66. The maximum absolute atomic E-state index is 11.6. The van der Waals surface area contributed by atoms with Crippen LogP contribution in [-0.4, -0.2) is 22.8 Å². The number of esters is 1. The van der Waals surface area contributed by atoms with Crippen molar-refractivity contribution in [3.8, 4) is 12.3 Å². The van der Waals surface area contributed by atoms with Gasteiger partial charge in [0.25, 0.3) is 0 Å². The minimum Gasteiger partial charge on any atom is -0.462 e. The van der Waals surface area contributed by atoms with E-state index in [0.717, 1.165) is 37.5 Å². The Balaban J connectivity index is 1.57. The van der Waals surface area contributed by atoms with E-state index in [-0.39, 0.29) is 17.5 Å². The summed E-state index contributed by atoms with van der Waals surface area (Å²) in [6.45, 7) is 6.40. The van der Waals surface area contributed by atoms with Crippen molar-refractivity contribution in [2.45, 2.75) is 90.3 Å². The van der Waals surface area contributed by atoms with Gasteiger partial charge in [-0.25, -0.2) is 0 Å². The molecule has 4 rings (SSSR count).